The molecule has 2 aliphatic rings. The maximum Gasteiger partial charge on any atom is 0.325 e. The number of ketones is 1. The van der Waals surface area contributed by atoms with Crippen molar-refractivity contribution in [1.29, 1.82) is 0 Å². The molecule has 0 radical (unpaired) electrons. The highest BCUT2D eigenvalue weighted by atomic mass is 16.6. The van der Waals surface area contributed by atoms with Gasteiger partial charge < -0.3 is 4.74 Å². The topological polar surface area (TPSA) is 60.4 Å². The molecule has 1 aliphatic carbocycles. The summed E-state index contributed by atoms with van der Waals surface area (Å²) in [6.07, 6.45) is 1.72. The number of esters is 2. The van der Waals surface area contributed by atoms with E-state index in [1.54, 1.807) is 0 Å². The third-order valence-electron chi connectivity index (χ3n) is 2.45. The Morgan fingerprint density at radius 1 is 1.17 bits per heavy atom. The van der Waals surface area contributed by atoms with E-state index in [9.17, 15) is 14.4 Å². The molecule has 1 saturated carbocycles. The number of Topliss-reactive ketones (excluding diaryl/α,β-unsaturated/α-hetero) is 1. The third kappa shape index (κ3) is 0.873. The van der Waals surface area contributed by atoms with E-state index in [0.717, 1.165) is 0 Å². The molecule has 0 amide bonds. The van der Waals surface area contributed by atoms with Gasteiger partial charge in [0.15, 0.2) is 0 Å². The Kier molecular flexibility index (Phi) is 1.49. The number of hydrogen-bond acceptors (Lipinski definition) is 4. The van der Waals surface area contributed by atoms with Crippen LogP contribution in [0.3, 0.4) is 0 Å². The fourth-order valence-electron chi connectivity index (χ4n) is 1.83. The van der Waals surface area contributed by atoms with Crippen molar-refractivity contribution in [1.82, 2.24) is 0 Å². The first-order valence-corrected chi connectivity index (χ1v) is 3.98. The largest absolute Gasteiger partial charge is 0.392 e. The van der Waals surface area contributed by atoms with Crippen LogP contribution < -0.4 is 0 Å². The van der Waals surface area contributed by atoms with Crippen molar-refractivity contribution in [2.24, 2.45) is 11.8 Å². The van der Waals surface area contributed by atoms with Gasteiger partial charge in [-0.15, -0.1) is 0 Å². The van der Waals surface area contributed by atoms with Crippen molar-refractivity contribution < 1.29 is 19.1 Å². The number of carbonyl (C=O) groups is 3. The molecule has 0 spiro atoms. The highest BCUT2D eigenvalue weighted by Crippen LogP contribution is 2.34. The molecule has 12 heavy (non-hydrogen) atoms. The molecular formula is C8H8O4. The molecule has 0 bridgehead atoms. The highest BCUT2D eigenvalue weighted by molar-refractivity contribution is 6.10. The lowest BCUT2D eigenvalue weighted by Gasteiger charge is -2.17. The van der Waals surface area contributed by atoms with E-state index >= 15 is 0 Å². The summed E-state index contributed by atoms with van der Waals surface area (Å²) in [5.74, 6) is -2.54. The summed E-state index contributed by atoms with van der Waals surface area (Å²) in [4.78, 5) is 33.1. The molecule has 0 aromatic heterocycles. The first-order valence-electron chi connectivity index (χ1n) is 3.98. The summed E-state index contributed by atoms with van der Waals surface area (Å²) >= 11 is 0. The molecule has 1 heterocycles. The SMILES string of the molecule is O=C1OC(=O)C2C(=O)CCCC12. The van der Waals surface area contributed by atoms with Gasteiger partial charge in [0, 0.05) is 6.42 Å². The van der Waals surface area contributed by atoms with Crippen LogP contribution >= 0.6 is 0 Å². The predicted molar refractivity (Wildman–Crippen MR) is 36.9 cm³/mol. The second-order valence-electron chi connectivity index (χ2n) is 3.18. The average Bonchev–Trinajstić information content (AvgIpc) is 2.29. The fraction of sp³-hybridized carbons (Fsp3) is 0.625. The second kappa shape index (κ2) is 2.40. The fourth-order valence-corrected chi connectivity index (χ4v) is 1.83. The van der Waals surface area contributed by atoms with Crippen LogP contribution in [0.4, 0.5) is 0 Å². The molecular weight excluding hydrogens is 160 g/mol. The van der Waals surface area contributed by atoms with E-state index in [0.29, 0.717) is 19.3 Å². The summed E-state index contributed by atoms with van der Waals surface area (Å²) < 4.78 is 4.38. The zero-order valence-corrected chi connectivity index (χ0v) is 6.41. The van der Waals surface area contributed by atoms with Gasteiger partial charge in [0.1, 0.15) is 11.7 Å². The van der Waals surface area contributed by atoms with Gasteiger partial charge in [-0.25, -0.2) is 0 Å². The smallest absolute Gasteiger partial charge is 0.325 e. The summed E-state index contributed by atoms with van der Waals surface area (Å²) in [6.45, 7) is 0. The predicted octanol–water partition coefficient (Wildman–Crippen LogP) is 0.0552. The van der Waals surface area contributed by atoms with E-state index in [2.05, 4.69) is 4.74 Å². The van der Waals surface area contributed by atoms with Crippen molar-refractivity contribution in [3.05, 3.63) is 0 Å². The first-order chi connectivity index (χ1) is 5.70. The lowest BCUT2D eigenvalue weighted by Crippen LogP contribution is -2.30. The monoisotopic (exact) mass is 168 g/mol. The Morgan fingerprint density at radius 2 is 1.92 bits per heavy atom. The van der Waals surface area contributed by atoms with Crippen LogP contribution in [0, 0.1) is 11.8 Å². The van der Waals surface area contributed by atoms with Crippen molar-refractivity contribution in [2.75, 3.05) is 0 Å². The van der Waals surface area contributed by atoms with Crippen LogP contribution in [-0.4, -0.2) is 17.7 Å². The Morgan fingerprint density at radius 3 is 2.58 bits per heavy atom. The quantitative estimate of drug-likeness (QED) is 0.379. The molecule has 64 valence electrons. The van der Waals surface area contributed by atoms with Crippen LogP contribution in [0.5, 0.6) is 0 Å². The minimum atomic E-state index is -0.772. The van der Waals surface area contributed by atoms with Crippen molar-refractivity contribution in [2.45, 2.75) is 19.3 Å². The van der Waals surface area contributed by atoms with Crippen LogP contribution in [0.15, 0.2) is 0 Å². The molecule has 2 unspecified atom stereocenters. The zero-order chi connectivity index (χ0) is 8.72. The number of fused-ring (bicyclic) bond motifs is 1. The average molecular weight is 168 g/mol. The third-order valence-corrected chi connectivity index (χ3v) is 2.45. The summed E-state index contributed by atoms with van der Waals surface area (Å²) in [5.41, 5.74) is 0. The summed E-state index contributed by atoms with van der Waals surface area (Å²) in [7, 11) is 0. The van der Waals surface area contributed by atoms with Crippen molar-refractivity contribution in [3.63, 3.8) is 0 Å². The lowest BCUT2D eigenvalue weighted by molar-refractivity contribution is -0.153. The molecule has 0 aromatic rings. The van der Waals surface area contributed by atoms with E-state index < -0.39 is 23.8 Å². The molecule has 4 heteroatoms. The van der Waals surface area contributed by atoms with Gasteiger partial charge in [-0.05, 0) is 12.8 Å². The van der Waals surface area contributed by atoms with Crippen LogP contribution in [0.2, 0.25) is 0 Å². The molecule has 2 atom stereocenters. The van der Waals surface area contributed by atoms with Gasteiger partial charge in [0.2, 0.25) is 0 Å². The number of hydrogen-bond donors (Lipinski definition) is 0. The standard InChI is InChI=1S/C8H8O4/c9-5-3-1-2-4-6(5)8(11)12-7(4)10/h4,6H,1-3H2. The maximum absolute atomic E-state index is 11.2. The minimum Gasteiger partial charge on any atom is -0.392 e. The Bertz CT molecular complexity index is 268. The van der Waals surface area contributed by atoms with E-state index in [-0.39, 0.29) is 5.78 Å². The van der Waals surface area contributed by atoms with Gasteiger partial charge in [-0.3, -0.25) is 14.4 Å². The Hall–Kier alpha value is -1.19. The lowest BCUT2D eigenvalue weighted by atomic mass is 9.80. The number of rotatable bonds is 0. The van der Waals surface area contributed by atoms with Crippen LogP contribution in [-0.2, 0) is 19.1 Å². The second-order valence-corrected chi connectivity index (χ2v) is 3.18. The van der Waals surface area contributed by atoms with E-state index in [4.69, 9.17) is 0 Å². The van der Waals surface area contributed by atoms with E-state index in [1.165, 1.54) is 0 Å². The molecule has 2 fully saturated rings. The Labute approximate surface area is 68.9 Å². The normalized spacial score (nSPS) is 34.8. The van der Waals surface area contributed by atoms with Crippen molar-refractivity contribution in [3.8, 4) is 0 Å². The minimum absolute atomic E-state index is 0.137. The Balaban J connectivity index is 2.30. The molecule has 1 saturated heterocycles. The van der Waals surface area contributed by atoms with Crippen LogP contribution in [0.1, 0.15) is 19.3 Å². The van der Waals surface area contributed by atoms with Gasteiger partial charge in [-0.1, -0.05) is 0 Å². The molecule has 1 aliphatic heterocycles. The van der Waals surface area contributed by atoms with Gasteiger partial charge in [0.25, 0.3) is 0 Å². The maximum atomic E-state index is 11.2. The molecule has 0 N–H and O–H groups in total. The van der Waals surface area contributed by atoms with E-state index in [1.807, 2.05) is 0 Å². The number of cyclic esters (lactones) is 2. The van der Waals surface area contributed by atoms with Gasteiger partial charge in [0.05, 0.1) is 5.92 Å². The molecule has 4 nitrogen and oxygen atoms in total. The van der Waals surface area contributed by atoms with Crippen molar-refractivity contribution >= 4 is 17.7 Å². The molecule has 0 aromatic carbocycles. The molecule has 2 rings (SSSR count). The summed E-state index contributed by atoms with van der Waals surface area (Å²) in [6, 6.07) is 0. The first kappa shape index (κ1) is 7.46. The summed E-state index contributed by atoms with van der Waals surface area (Å²) in [5, 5.41) is 0. The van der Waals surface area contributed by atoms with Gasteiger partial charge >= 0.3 is 11.9 Å². The number of ether oxygens (including phenoxy) is 1. The van der Waals surface area contributed by atoms with Gasteiger partial charge in [-0.2, -0.15) is 0 Å². The highest BCUT2D eigenvalue weighted by Gasteiger charge is 2.49. The number of carbonyl (C=O) groups excluding carboxylic acids is 3. The van der Waals surface area contributed by atoms with Crippen LogP contribution in [0.25, 0.3) is 0 Å². The zero-order valence-electron chi connectivity index (χ0n) is 6.41.